The maximum atomic E-state index is 13.1. The van der Waals surface area contributed by atoms with Crippen LogP contribution >= 0.6 is 23.2 Å². The molecular formula is C25H16Cl2N2O2. The predicted molar refractivity (Wildman–Crippen MR) is 123 cm³/mol. The van der Waals surface area contributed by atoms with Crippen molar-refractivity contribution in [2.75, 3.05) is 6.61 Å². The Balaban J connectivity index is 1.67. The average molecular weight is 447 g/mol. The summed E-state index contributed by atoms with van der Waals surface area (Å²) >= 11 is 12.9. The van der Waals surface area contributed by atoms with Crippen LogP contribution in [0.1, 0.15) is 15.9 Å². The van der Waals surface area contributed by atoms with E-state index in [4.69, 9.17) is 33.0 Å². The normalized spacial score (nSPS) is 14.4. The molecule has 0 saturated heterocycles. The number of Topliss-reactive ketones (excluding diaryl/α,β-unsaturated/α-hetero) is 1. The number of aromatic nitrogens is 2. The number of ether oxygens (including phenoxy) is 1. The summed E-state index contributed by atoms with van der Waals surface area (Å²) in [5, 5.41) is 5.67. The molecular weight excluding hydrogens is 431 g/mol. The van der Waals surface area contributed by atoms with Crippen molar-refractivity contribution in [2.45, 2.75) is 0 Å². The minimum Gasteiger partial charge on any atom is -0.488 e. The number of carbonyl (C=O) groups is 1. The van der Waals surface area contributed by atoms with Gasteiger partial charge in [-0.2, -0.15) is 5.10 Å². The number of benzene rings is 3. The molecule has 1 aromatic heterocycles. The van der Waals surface area contributed by atoms with E-state index in [0.29, 0.717) is 38.3 Å². The fourth-order valence-corrected chi connectivity index (χ4v) is 4.02. The van der Waals surface area contributed by atoms with Crippen LogP contribution in [0.4, 0.5) is 0 Å². The lowest BCUT2D eigenvalue weighted by atomic mass is 9.97. The number of nitrogens with zero attached hydrogens (tertiary/aromatic N) is 2. The summed E-state index contributed by atoms with van der Waals surface area (Å²) in [5.74, 6) is 0.396. The number of ketones is 1. The minimum absolute atomic E-state index is 0.133. The number of halogens is 2. The highest BCUT2D eigenvalue weighted by Crippen LogP contribution is 2.35. The highest BCUT2D eigenvalue weighted by molar-refractivity contribution is 6.32. The number of para-hydroxylation sites is 1. The summed E-state index contributed by atoms with van der Waals surface area (Å²) in [5.41, 5.74) is 4.01. The summed E-state index contributed by atoms with van der Waals surface area (Å²) in [6, 6.07) is 24.4. The van der Waals surface area contributed by atoms with Gasteiger partial charge < -0.3 is 4.74 Å². The largest absolute Gasteiger partial charge is 0.488 e. The van der Waals surface area contributed by atoms with E-state index in [1.165, 1.54) is 0 Å². The monoisotopic (exact) mass is 446 g/mol. The van der Waals surface area contributed by atoms with Crippen molar-refractivity contribution in [3.05, 3.63) is 106 Å². The summed E-state index contributed by atoms with van der Waals surface area (Å²) in [6.07, 6.45) is 1.77. The zero-order valence-electron chi connectivity index (χ0n) is 16.3. The fourth-order valence-electron chi connectivity index (χ4n) is 3.57. The van der Waals surface area contributed by atoms with Gasteiger partial charge in [0.1, 0.15) is 23.2 Å². The topological polar surface area (TPSA) is 44.1 Å². The van der Waals surface area contributed by atoms with Gasteiger partial charge in [0.05, 0.1) is 11.3 Å². The molecule has 0 bridgehead atoms. The predicted octanol–water partition coefficient (Wildman–Crippen LogP) is 6.50. The van der Waals surface area contributed by atoms with Gasteiger partial charge in [-0.15, -0.1) is 0 Å². The van der Waals surface area contributed by atoms with Crippen molar-refractivity contribution >= 4 is 35.1 Å². The van der Waals surface area contributed by atoms with Gasteiger partial charge in [-0.25, -0.2) is 4.68 Å². The molecule has 0 spiro atoms. The summed E-state index contributed by atoms with van der Waals surface area (Å²) < 4.78 is 7.47. The maximum absolute atomic E-state index is 13.1. The third-order valence-electron chi connectivity index (χ3n) is 5.09. The van der Waals surface area contributed by atoms with Gasteiger partial charge in [-0.3, -0.25) is 4.79 Å². The van der Waals surface area contributed by atoms with Crippen LogP contribution in [0.15, 0.2) is 84.4 Å². The van der Waals surface area contributed by atoms with E-state index < -0.39 is 0 Å². The minimum atomic E-state index is -0.133. The number of fused-ring (bicyclic) bond motifs is 1. The summed E-state index contributed by atoms with van der Waals surface area (Å²) in [6.45, 7) is 0.147. The quantitative estimate of drug-likeness (QED) is 0.337. The Bertz CT molecular complexity index is 1310. The van der Waals surface area contributed by atoms with Gasteiger partial charge in [-0.1, -0.05) is 71.7 Å². The van der Waals surface area contributed by atoms with Gasteiger partial charge in [0.2, 0.25) is 0 Å². The fraction of sp³-hybridized carbons (Fsp3) is 0.0400. The van der Waals surface area contributed by atoms with Gasteiger partial charge in [0.25, 0.3) is 0 Å². The average Bonchev–Trinajstić information content (AvgIpc) is 3.13. The molecule has 0 atom stereocenters. The van der Waals surface area contributed by atoms with Gasteiger partial charge in [-0.05, 0) is 36.4 Å². The third kappa shape index (κ3) is 3.65. The lowest BCUT2D eigenvalue weighted by Gasteiger charge is -2.19. The molecule has 0 fully saturated rings. The van der Waals surface area contributed by atoms with E-state index in [1.54, 1.807) is 29.0 Å². The van der Waals surface area contributed by atoms with Crippen molar-refractivity contribution in [1.82, 2.24) is 9.78 Å². The maximum Gasteiger partial charge on any atom is 0.196 e. The Kier molecular flexibility index (Phi) is 5.10. The number of carbonyl (C=O) groups excluding carboxylic acids is 1. The molecule has 0 unspecified atom stereocenters. The van der Waals surface area contributed by atoms with Crippen LogP contribution < -0.4 is 4.74 Å². The number of hydrogen-bond donors (Lipinski definition) is 0. The lowest BCUT2D eigenvalue weighted by Crippen LogP contribution is -2.19. The highest BCUT2D eigenvalue weighted by Gasteiger charge is 2.26. The van der Waals surface area contributed by atoms with Gasteiger partial charge in [0, 0.05) is 21.7 Å². The third-order valence-corrected chi connectivity index (χ3v) is 5.69. The lowest BCUT2D eigenvalue weighted by molar-refractivity contribution is 0.100. The Hall–Kier alpha value is -3.34. The van der Waals surface area contributed by atoms with Gasteiger partial charge >= 0.3 is 0 Å². The molecule has 3 aromatic carbocycles. The van der Waals surface area contributed by atoms with Crippen molar-refractivity contribution in [2.24, 2.45) is 0 Å². The Morgan fingerprint density at radius 3 is 2.39 bits per heavy atom. The molecule has 4 nitrogen and oxygen atoms in total. The zero-order chi connectivity index (χ0) is 21.4. The van der Waals surface area contributed by atoms with E-state index in [9.17, 15) is 4.79 Å². The molecule has 4 aromatic rings. The first-order valence-electron chi connectivity index (χ1n) is 9.69. The molecule has 2 heterocycles. The molecule has 0 aliphatic carbocycles. The number of rotatable bonds is 3. The van der Waals surface area contributed by atoms with Crippen LogP contribution in [0.5, 0.6) is 5.75 Å². The second-order valence-electron chi connectivity index (χ2n) is 7.09. The first-order valence-corrected chi connectivity index (χ1v) is 10.4. The molecule has 0 N–H and O–H groups in total. The Morgan fingerprint density at radius 1 is 0.935 bits per heavy atom. The van der Waals surface area contributed by atoms with E-state index in [2.05, 4.69) is 0 Å². The summed E-state index contributed by atoms with van der Waals surface area (Å²) in [4.78, 5) is 13.1. The van der Waals surface area contributed by atoms with Crippen LogP contribution in [0.3, 0.4) is 0 Å². The van der Waals surface area contributed by atoms with Crippen molar-refractivity contribution in [1.29, 1.82) is 0 Å². The van der Waals surface area contributed by atoms with E-state index >= 15 is 0 Å². The van der Waals surface area contributed by atoms with Crippen molar-refractivity contribution in [3.8, 4) is 22.7 Å². The van der Waals surface area contributed by atoms with Crippen molar-refractivity contribution in [3.63, 3.8) is 0 Å². The van der Waals surface area contributed by atoms with Crippen LogP contribution in [-0.2, 0) is 0 Å². The van der Waals surface area contributed by atoms with E-state index in [-0.39, 0.29) is 12.4 Å². The SMILES string of the molecule is O=C1/C(=C\c2c(-c3ccccc3)nn(-c3ccccc3)c2Cl)COc2ccc(Cl)cc21. The van der Waals surface area contributed by atoms with Crippen LogP contribution in [-0.4, -0.2) is 22.2 Å². The zero-order valence-corrected chi connectivity index (χ0v) is 17.8. The molecule has 152 valence electrons. The van der Waals surface area contributed by atoms with Crippen LogP contribution in [0, 0.1) is 0 Å². The smallest absolute Gasteiger partial charge is 0.196 e. The van der Waals surface area contributed by atoms with E-state index in [1.807, 2.05) is 60.7 Å². The van der Waals surface area contributed by atoms with Crippen molar-refractivity contribution < 1.29 is 9.53 Å². The van der Waals surface area contributed by atoms with Gasteiger partial charge in [0.15, 0.2) is 5.78 Å². The number of hydrogen-bond acceptors (Lipinski definition) is 3. The molecule has 31 heavy (non-hydrogen) atoms. The van der Waals surface area contributed by atoms with Crippen LogP contribution in [0.2, 0.25) is 10.2 Å². The van der Waals surface area contributed by atoms with E-state index in [0.717, 1.165) is 11.3 Å². The second-order valence-corrected chi connectivity index (χ2v) is 7.89. The first-order chi connectivity index (χ1) is 15.1. The molecule has 0 amide bonds. The molecule has 6 heteroatoms. The Labute approximate surface area is 189 Å². The summed E-state index contributed by atoms with van der Waals surface area (Å²) in [7, 11) is 0. The standard InChI is InChI=1S/C25H16Cl2N2O2/c26-18-11-12-22-20(14-18)24(30)17(15-31-22)13-21-23(16-7-3-1-4-8-16)28-29(25(21)27)19-9-5-2-6-10-19/h1-14H,15H2/b17-13-. The molecule has 0 saturated carbocycles. The second kappa shape index (κ2) is 8.06. The molecule has 0 radical (unpaired) electrons. The molecule has 1 aliphatic heterocycles. The molecule has 5 rings (SSSR count). The Morgan fingerprint density at radius 2 is 1.65 bits per heavy atom. The van der Waals surface area contributed by atoms with Crippen LogP contribution in [0.25, 0.3) is 23.0 Å². The first kappa shape index (κ1) is 19.6. The highest BCUT2D eigenvalue weighted by atomic mass is 35.5. The molecule has 1 aliphatic rings.